The van der Waals surface area contributed by atoms with Gasteiger partial charge in [-0.2, -0.15) is 0 Å². The van der Waals surface area contributed by atoms with Crippen LogP contribution in [0.3, 0.4) is 0 Å². The van der Waals surface area contributed by atoms with Crippen LogP contribution < -0.4 is 9.47 Å². The summed E-state index contributed by atoms with van der Waals surface area (Å²) in [6.45, 7) is 0. The molecule has 1 aromatic rings. The van der Waals surface area contributed by atoms with Crippen LogP contribution in [0.5, 0.6) is 11.5 Å². The van der Waals surface area contributed by atoms with Crippen molar-refractivity contribution in [3.63, 3.8) is 0 Å². The molecule has 0 aliphatic rings. The lowest BCUT2D eigenvalue weighted by Gasteiger charge is -2.10. The van der Waals surface area contributed by atoms with Gasteiger partial charge in [0.25, 0.3) is 0 Å². The highest BCUT2D eigenvalue weighted by Gasteiger charge is 2.16. The van der Waals surface area contributed by atoms with Crippen LogP contribution in [0.15, 0.2) is 12.1 Å². The summed E-state index contributed by atoms with van der Waals surface area (Å²) >= 11 is 2.08. The van der Waals surface area contributed by atoms with E-state index in [1.165, 1.54) is 14.2 Å². The van der Waals surface area contributed by atoms with Gasteiger partial charge >= 0.3 is 5.97 Å². The van der Waals surface area contributed by atoms with Gasteiger partial charge in [-0.05, 0) is 28.7 Å². The minimum absolute atomic E-state index is 0.394. The molecule has 0 unspecified atom stereocenters. The molecule has 0 spiro atoms. The number of esters is 1. The average molecular weight is 322 g/mol. The summed E-state index contributed by atoms with van der Waals surface area (Å²) in [6, 6.07) is 3.33. The van der Waals surface area contributed by atoms with Gasteiger partial charge in [0.05, 0.1) is 24.9 Å². The molecular formula is C10H11IO4. The van der Waals surface area contributed by atoms with E-state index >= 15 is 0 Å². The van der Waals surface area contributed by atoms with E-state index < -0.39 is 5.97 Å². The number of carbonyl (C=O) groups excluding carboxylic acids is 1. The van der Waals surface area contributed by atoms with Crippen LogP contribution in [0.1, 0.15) is 10.4 Å². The maximum atomic E-state index is 11.4. The van der Waals surface area contributed by atoms with Crippen molar-refractivity contribution in [3.05, 3.63) is 21.3 Å². The highest BCUT2D eigenvalue weighted by atomic mass is 127. The van der Waals surface area contributed by atoms with Crippen LogP contribution in [0.25, 0.3) is 0 Å². The molecule has 0 aliphatic carbocycles. The maximum Gasteiger partial charge on any atom is 0.341 e. The molecular weight excluding hydrogens is 311 g/mol. The van der Waals surface area contributed by atoms with E-state index in [0.29, 0.717) is 17.1 Å². The molecule has 0 aromatic heterocycles. The Hall–Kier alpha value is -0.980. The van der Waals surface area contributed by atoms with E-state index in [9.17, 15) is 4.79 Å². The fraction of sp³-hybridized carbons (Fsp3) is 0.300. The quantitative estimate of drug-likeness (QED) is 0.631. The van der Waals surface area contributed by atoms with Gasteiger partial charge in [-0.3, -0.25) is 0 Å². The minimum Gasteiger partial charge on any atom is -0.496 e. The number of halogens is 1. The number of carbonyl (C=O) groups is 1. The molecule has 0 bridgehead atoms. The van der Waals surface area contributed by atoms with Crippen molar-refractivity contribution < 1.29 is 19.0 Å². The lowest BCUT2D eigenvalue weighted by molar-refractivity contribution is 0.0597. The van der Waals surface area contributed by atoms with Crippen LogP contribution in [0, 0.1) is 3.57 Å². The molecule has 0 saturated carbocycles. The van der Waals surface area contributed by atoms with Crippen molar-refractivity contribution >= 4 is 28.6 Å². The highest BCUT2D eigenvalue weighted by Crippen LogP contribution is 2.30. The standard InChI is InChI=1S/C10H11IO4/c1-13-8-5-9(14-2)7(11)4-6(8)10(12)15-3/h4-5H,1-3H3. The summed E-state index contributed by atoms with van der Waals surface area (Å²) in [5.41, 5.74) is 0.394. The van der Waals surface area contributed by atoms with Gasteiger partial charge in [0.15, 0.2) is 0 Å². The first-order valence-corrected chi connectivity index (χ1v) is 5.21. The Labute approximate surface area is 102 Å². The van der Waals surface area contributed by atoms with Crippen LogP contribution in [0.2, 0.25) is 0 Å². The SMILES string of the molecule is COC(=O)c1cc(I)c(OC)cc1OC. The fourth-order valence-electron chi connectivity index (χ4n) is 1.13. The van der Waals surface area contributed by atoms with Gasteiger partial charge in [0.1, 0.15) is 17.1 Å². The Bertz CT molecular complexity index is 376. The van der Waals surface area contributed by atoms with Crippen molar-refractivity contribution in [2.24, 2.45) is 0 Å². The number of benzene rings is 1. The van der Waals surface area contributed by atoms with E-state index in [1.807, 2.05) is 0 Å². The zero-order valence-electron chi connectivity index (χ0n) is 8.67. The van der Waals surface area contributed by atoms with E-state index in [-0.39, 0.29) is 0 Å². The van der Waals surface area contributed by atoms with Crippen molar-refractivity contribution in [2.45, 2.75) is 0 Å². The number of hydrogen-bond acceptors (Lipinski definition) is 4. The van der Waals surface area contributed by atoms with Crippen LogP contribution in [-0.4, -0.2) is 27.3 Å². The molecule has 0 N–H and O–H groups in total. The second-order valence-corrected chi connectivity index (χ2v) is 3.84. The van der Waals surface area contributed by atoms with E-state index in [0.717, 1.165) is 3.57 Å². The summed E-state index contributed by atoms with van der Waals surface area (Å²) in [5, 5.41) is 0. The highest BCUT2D eigenvalue weighted by molar-refractivity contribution is 14.1. The molecule has 0 saturated heterocycles. The molecule has 15 heavy (non-hydrogen) atoms. The summed E-state index contributed by atoms with van der Waals surface area (Å²) in [7, 11) is 4.39. The largest absolute Gasteiger partial charge is 0.496 e. The van der Waals surface area contributed by atoms with Gasteiger partial charge in [-0.25, -0.2) is 4.79 Å². The van der Waals surface area contributed by atoms with Crippen LogP contribution in [0.4, 0.5) is 0 Å². The maximum absolute atomic E-state index is 11.4. The summed E-state index contributed by atoms with van der Waals surface area (Å²) in [5.74, 6) is 0.687. The van der Waals surface area contributed by atoms with Crippen molar-refractivity contribution in [2.75, 3.05) is 21.3 Å². The molecule has 4 nitrogen and oxygen atoms in total. The van der Waals surface area contributed by atoms with Crippen molar-refractivity contribution in [3.8, 4) is 11.5 Å². The van der Waals surface area contributed by atoms with Gasteiger partial charge in [0.2, 0.25) is 0 Å². The van der Waals surface area contributed by atoms with Crippen LogP contribution >= 0.6 is 22.6 Å². The Morgan fingerprint density at radius 1 is 1.13 bits per heavy atom. The normalized spacial score (nSPS) is 9.60. The second-order valence-electron chi connectivity index (χ2n) is 2.68. The Balaban J connectivity index is 3.27. The summed E-state index contributed by atoms with van der Waals surface area (Å²) in [6.07, 6.45) is 0. The predicted octanol–water partition coefficient (Wildman–Crippen LogP) is 2.09. The van der Waals surface area contributed by atoms with E-state index in [1.54, 1.807) is 19.2 Å². The predicted molar refractivity (Wildman–Crippen MR) is 63.6 cm³/mol. The van der Waals surface area contributed by atoms with Gasteiger partial charge < -0.3 is 14.2 Å². The molecule has 1 rings (SSSR count). The molecule has 0 amide bonds. The molecule has 0 atom stereocenters. The Morgan fingerprint density at radius 3 is 2.20 bits per heavy atom. The summed E-state index contributed by atoms with van der Waals surface area (Å²) in [4.78, 5) is 11.4. The molecule has 0 aliphatic heterocycles. The Kier molecular flexibility index (Phi) is 4.19. The third kappa shape index (κ3) is 2.53. The zero-order chi connectivity index (χ0) is 11.4. The van der Waals surface area contributed by atoms with Crippen molar-refractivity contribution in [1.29, 1.82) is 0 Å². The fourth-order valence-corrected chi connectivity index (χ4v) is 1.82. The molecule has 1 aromatic carbocycles. The first-order chi connectivity index (χ1) is 7.13. The molecule has 82 valence electrons. The zero-order valence-corrected chi connectivity index (χ0v) is 10.8. The number of rotatable bonds is 3. The topological polar surface area (TPSA) is 44.8 Å². The molecule has 0 fully saturated rings. The third-order valence-corrected chi connectivity index (χ3v) is 2.72. The van der Waals surface area contributed by atoms with E-state index in [4.69, 9.17) is 9.47 Å². The smallest absolute Gasteiger partial charge is 0.341 e. The van der Waals surface area contributed by atoms with Gasteiger partial charge in [-0.15, -0.1) is 0 Å². The monoisotopic (exact) mass is 322 g/mol. The lowest BCUT2D eigenvalue weighted by atomic mass is 10.2. The molecule has 0 heterocycles. The van der Waals surface area contributed by atoms with Gasteiger partial charge in [-0.1, -0.05) is 0 Å². The minimum atomic E-state index is -0.424. The van der Waals surface area contributed by atoms with E-state index in [2.05, 4.69) is 27.3 Å². The summed E-state index contributed by atoms with van der Waals surface area (Å²) < 4.78 is 15.7. The third-order valence-electron chi connectivity index (χ3n) is 1.88. The lowest BCUT2D eigenvalue weighted by Crippen LogP contribution is -2.05. The second kappa shape index (κ2) is 5.20. The van der Waals surface area contributed by atoms with Crippen molar-refractivity contribution in [1.82, 2.24) is 0 Å². The van der Waals surface area contributed by atoms with Crippen LogP contribution in [-0.2, 0) is 4.74 Å². The van der Waals surface area contributed by atoms with Gasteiger partial charge in [0, 0.05) is 6.07 Å². The molecule has 0 radical (unpaired) electrons. The Morgan fingerprint density at radius 2 is 1.73 bits per heavy atom. The number of hydrogen-bond donors (Lipinski definition) is 0. The molecule has 5 heteroatoms. The number of ether oxygens (including phenoxy) is 3. The number of methoxy groups -OCH3 is 3. The average Bonchev–Trinajstić information content (AvgIpc) is 2.27. The first kappa shape index (κ1) is 12.1. The first-order valence-electron chi connectivity index (χ1n) is 4.13.